The molecule has 0 aliphatic rings. The lowest BCUT2D eigenvalue weighted by molar-refractivity contribution is -0.138. The highest BCUT2D eigenvalue weighted by Crippen LogP contribution is 2.04. The van der Waals surface area contributed by atoms with Gasteiger partial charge in [-0.05, 0) is 0 Å². The van der Waals surface area contributed by atoms with Gasteiger partial charge in [-0.25, -0.2) is 0 Å². The van der Waals surface area contributed by atoms with E-state index in [0.717, 1.165) is 0 Å². The van der Waals surface area contributed by atoms with E-state index in [1.807, 2.05) is 0 Å². The van der Waals surface area contributed by atoms with Crippen LogP contribution in [0.3, 0.4) is 0 Å². The predicted molar refractivity (Wildman–Crippen MR) is 56.8 cm³/mol. The summed E-state index contributed by atoms with van der Waals surface area (Å²) in [5.41, 5.74) is 0. The first-order valence-corrected chi connectivity index (χ1v) is 7.34. The number of aliphatic carboxylic acids is 2. The molecule has 0 fully saturated rings. The van der Waals surface area contributed by atoms with Crippen LogP contribution < -0.4 is 0 Å². The summed E-state index contributed by atoms with van der Waals surface area (Å²) >= 11 is 0. The molecule has 0 aliphatic heterocycles. The smallest absolute Gasteiger partial charge is 0.326 e. The van der Waals surface area contributed by atoms with Crippen molar-refractivity contribution in [2.75, 3.05) is 13.2 Å². The summed E-state index contributed by atoms with van der Waals surface area (Å²) in [5.74, 6) is -3.94. The minimum atomic E-state index is -5.00. The Morgan fingerprint density at radius 1 is 0.842 bits per heavy atom. The van der Waals surface area contributed by atoms with Crippen molar-refractivity contribution in [3.63, 3.8) is 0 Å². The molecule has 4 N–H and O–H groups in total. The second kappa shape index (κ2) is 6.25. The number of hydrogen-bond donors (Lipinski definition) is 4. The van der Waals surface area contributed by atoms with Crippen LogP contribution in [0.4, 0.5) is 0 Å². The van der Waals surface area contributed by atoms with Crippen LogP contribution >= 0.6 is 0 Å². The first-order valence-electron chi connectivity index (χ1n) is 4.33. The standard InChI is InChI=1S/C6H10O11S2/c7-5(8)3(18(11,12)13)1-17-2-4(6(9)10)19(14,15)16/h3-4H,1-2H2,(H,7,8)(H,9,10)(H,11,12,13)(H,14,15,16). The van der Waals surface area contributed by atoms with Crippen molar-refractivity contribution in [3.8, 4) is 0 Å². The molecule has 0 aromatic rings. The average molecular weight is 322 g/mol. The third kappa shape index (κ3) is 5.93. The minimum absolute atomic E-state index is 1.19. The molecular weight excluding hydrogens is 312 g/mol. The molecule has 0 saturated heterocycles. The highest BCUT2D eigenvalue weighted by atomic mass is 32.2. The van der Waals surface area contributed by atoms with E-state index in [1.165, 1.54) is 0 Å². The number of carbonyl (C=O) groups is 2. The minimum Gasteiger partial charge on any atom is -0.480 e. The van der Waals surface area contributed by atoms with Gasteiger partial charge < -0.3 is 14.9 Å². The van der Waals surface area contributed by atoms with Crippen molar-refractivity contribution in [3.05, 3.63) is 0 Å². The van der Waals surface area contributed by atoms with Crippen LogP contribution in [-0.2, 0) is 34.6 Å². The van der Waals surface area contributed by atoms with Crippen molar-refractivity contribution < 1.29 is 50.5 Å². The van der Waals surface area contributed by atoms with Gasteiger partial charge in [-0.1, -0.05) is 0 Å². The molecule has 0 aliphatic carbocycles. The van der Waals surface area contributed by atoms with Crippen LogP contribution in [0, 0.1) is 0 Å². The third-order valence-corrected chi connectivity index (χ3v) is 3.92. The zero-order valence-electron chi connectivity index (χ0n) is 9.03. The van der Waals surface area contributed by atoms with Crippen molar-refractivity contribution >= 4 is 32.2 Å². The molecule has 0 amide bonds. The fourth-order valence-electron chi connectivity index (χ4n) is 0.851. The molecule has 0 aromatic heterocycles. The summed E-state index contributed by atoms with van der Waals surface area (Å²) in [7, 11) is -10.0. The SMILES string of the molecule is O=C(O)C(COCC(C(=O)O)S(=O)(=O)O)S(=O)(=O)O. The normalized spacial score (nSPS) is 15.7. The lowest BCUT2D eigenvalue weighted by Crippen LogP contribution is -2.38. The van der Waals surface area contributed by atoms with Gasteiger partial charge >= 0.3 is 11.9 Å². The number of carboxylic acids is 2. The fraction of sp³-hybridized carbons (Fsp3) is 0.667. The molecule has 0 heterocycles. The Hall–Kier alpha value is -1.28. The summed E-state index contributed by atoms with van der Waals surface area (Å²) in [6.45, 7) is -2.37. The monoisotopic (exact) mass is 322 g/mol. The maximum absolute atomic E-state index is 10.6. The zero-order valence-corrected chi connectivity index (χ0v) is 10.7. The van der Waals surface area contributed by atoms with E-state index in [-0.39, 0.29) is 0 Å². The largest absolute Gasteiger partial charge is 0.480 e. The first kappa shape index (κ1) is 17.7. The van der Waals surface area contributed by atoms with Crippen molar-refractivity contribution in [2.45, 2.75) is 10.5 Å². The molecule has 0 aromatic carbocycles. The van der Waals surface area contributed by atoms with Crippen molar-refractivity contribution in [1.82, 2.24) is 0 Å². The first-order chi connectivity index (χ1) is 8.37. The van der Waals surface area contributed by atoms with Crippen LogP contribution in [0.5, 0.6) is 0 Å². The van der Waals surface area contributed by atoms with Gasteiger partial charge in [-0.3, -0.25) is 18.7 Å². The Morgan fingerprint density at radius 3 is 1.26 bits per heavy atom. The van der Waals surface area contributed by atoms with Crippen LogP contribution in [0.25, 0.3) is 0 Å². The van der Waals surface area contributed by atoms with E-state index in [0.29, 0.717) is 0 Å². The zero-order chi connectivity index (χ0) is 15.4. The van der Waals surface area contributed by atoms with Gasteiger partial charge in [0.2, 0.25) is 10.5 Å². The Kier molecular flexibility index (Phi) is 5.83. The molecule has 0 spiro atoms. The van der Waals surface area contributed by atoms with Gasteiger partial charge in [-0.15, -0.1) is 0 Å². The van der Waals surface area contributed by atoms with Crippen molar-refractivity contribution in [2.24, 2.45) is 0 Å². The van der Waals surface area contributed by atoms with Crippen LogP contribution in [-0.4, -0.2) is 71.8 Å². The molecule has 0 rings (SSSR count). The second-order valence-corrected chi connectivity index (χ2v) is 6.42. The number of carboxylic acid groups (broad SMARTS) is 2. The van der Waals surface area contributed by atoms with Crippen LogP contribution in [0.2, 0.25) is 0 Å². The topological polar surface area (TPSA) is 193 Å². The summed E-state index contributed by atoms with van der Waals surface area (Å²) in [4.78, 5) is 20.9. The van der Waals surface area contributed by atoms with Crippen LogP contribution in [0.15, 0.2) is 0 Å². The van der Waals surface area contributed by atoms with Gasteiger partial charge in [0.1, 0.15) is 0 Å². The number of hydrogen-bond acceptors (Lipinski definition) is 7. The molecule has 2 unspecified atom stereocenters. The van der Waals surface area contributed by atoms with Crippen molar-refractivity contribution in [1.29, 1.82) is 0 Å². The average Bonchev–Trinajstić information content (AvgIpc) is 2.11. The van der Waals surface area contributed by atoms with E-state index in [2.05, 4.69) is 4.74 Å². The van der Waals surface area contributed by atoms with Gasteiger partial charge in [-0.2, -0.15) is 16.8 Å². The Balaban J connectivity index is 4.74. The van der Waals surface area contributed by atoms with Gasteiger partial charge in [0.15, 0.2) is 0 Å². The van der Waals surface area contributed by atoms with Crippen LogP contribution in [0.1, 0.15) is 0 Å². The van der Waals surface area contributed by atoms with E-state index in [9.17, 15) is 26.4 Å². The fourth-order valence-corrected chi connectivity index (χ4v) is 1.90. The maximum atomic E-state index is 10.6. The van der Waals surface area contributed by atoms with E-state index >= 15 is 0 Å². The Bertz CT molecular complexity index is 494. The van der Waals surface area contributed by atoms with E-state index < -0.39 is 55.9 Å². The second-order valence-electron chi connectivity index (χ2n) is 3.22. The summed E-state index contributed by atoms with van der Waals surface area (Å²) < 4.78 is 63.7. The van der Waals surface area contributed by atoms with Gasteiger partial charge in [0.05, 0.1) is 13.2 Å². The highest BCUT2D eigenvalue weighted by Gasteiger charge is 2.34. The molecule has 0 bridgehead atoms. The maximum Gasteiger partial charge on any atom is 0.326 e. The van der Waals surface area contributed by atoms with E-state index in [1.54, 1.807) is 0 Å². The predicted octanol–water partition coefficient (Wildman–Crippen LogP) is -2.31. The molecule has 19 heavy (non-hydrogen) atoms. The molecule has 11 nitrogen and oxygen atoms in total. The van der Waals surface area contributed by atoms with Gasteiger partial charge in [0, 0.05) is 0 Å². The summed E-state index contributed by atoms with van der Waals surface area (Å²) in [5, 5.41) is 12.1. The Morgan fingerprint density at radius 2 is 1.11 bits per heavy atom. The van der Waals surface area contributed by atoms with Gasteiger partial charge in [0.25, 0.3) is 20.2 Å². The molecule has 2 atom stereocenters. The molecular formula is C6H10O11S2. The molecule has 0 saturated carbocycles. The lowest BCUT2D eigenvalue weighted by Gasteiger charge is -2.12. The lowest BCUT2D eigenvalue weighted by atomic mass is 10.4. The van der Waals surface area contributed by atoms with E-state index in [4.69, 9.17) is 19.3 Å². The number of rotatable bonds is 8. The summed E-state index contributed by atoms with van der Waals surface area (Å²) in [6.07, 6.45) is 0. The quantitative estimate of drug-likeness (QED) is 0.350. The Labute approximate surface area is 107 Å². The highest BCUT2D eigenvalue weighted by molar-refractivity contribution is 7.87. The molecule has 0 radical (unpaired) electrons. The third-order valence-electron chi connectivity index (χ3n) is 1.81. The number of ether oxygens (including phenoxy) is 1. The molecule has 13 heteroatoms. The molecule has 112 valence electrons. The summed E-state index contributed by atoms with van der Waals surface area (Å²) in [6, 6.07) is 0.